The summed E-state index contributed by atoms with van der Waals surface area (Å²) in [6.07, 6.45) is 1.79. The summed E-state index contributed by atoms with van der Waals surface area (Å²) in [7, 11) is 0. The standard InChI is InChI=1S/2C19H15N.C17H12.2C13H10O.C13H10S.C6H7N/c1-14-8-7-13-18-19(14)16-11-5-6-12-17(16)20(18)15-9-3-2-4-10-15;1-14-11-12-19-17(13-14)16-9-5-6-10-18(16)20(19)15-7-3-2-4-8-15;1-11-5-6-14-8-7-12-3-2-4-13-9-10-15(11)17(14)16(12)13;1-9-5-4-7-11-10-6-2-3-8-12(10)14-13(9)11;2*1-9-6-7-11-10-4-2-3-5-12(10)14-13(11)8-9;1-6-4-2-3-5-7-6/h2*2-13H,1H3;2-10H,1H3;3*2-8H,1H3;2-5H,1H3. The Balaban J connectivity index is 0.0000000962. The van der Waals surface area contributed by atoms with Crippen molar-refractivity contribution in [1.82, 2.24) is 14.1 Å². The Hall–Kier alpha value is -12.9. The minimum absolute atomic E-state index is 0.966. The third-order valence-corrected chi connectivity index (χ3v) is 21.1. The molecule has 0 aliphatic heterocycles. The summed E-state index contributed by atoms with van der Waals surface area (Å²) < 4.78 is 19.0. The molecule has 0 bridgehead atoms. The third-order valence-electron chi connectivity index (χ3n) is 20.0. The molecular weight excluding hydrogens is 1310 g/mol. The van der Waals surface area contributed by atoms with E-state index in [4.69, 9.17) is 8.83 Å². The van der Waals surface area contributed by atoms with Gasteiger partial charge in [-0.25, -0.2) is 0 Å². The van der Waals surface area contributed by atoms with E-state index in [0.29, 0.717) is 0 Å². The molecule has 0 unspecified atom stereocenters. The highest BCUT2D eigenvalue weighted by atomic mass is 32.1. The number of hydrogen-bond donors (Lipinski definition) is 0. The molecule has 0 N–H and O–H groups in total. The van der Waals surface area contributed by atoms with E-state index in [0.717, 1.165) is 28.0 Å². The van der Waals surface area contributed by atoms with Crippen LogP contribution in [0.1, 0.15) is 39.1 Å². The number of fused-ring (bicyclic) bond motifs is 15. The van der Waals surface area contributed by atoms with Gasteiger partial charge in [-0.2, -0.15) is 0 Å². The predicted octanol–water partition coefficient (Wildman–Crippen LogP) is 28.6. The van der Waals surface area contributed by atoms with Gasteiger partial charge in [-0.15, -0.1) is 11.3 Å². The molecule has 0 atom stereocenters. The van der Waals surface area contributed by atoms with Crippen LogP contribution in [-0.2, 0) is 0 Å². The van der Waals surface area contributed by atoms with Gasteiger partial charge in [0.1, 0.15) is 22.3 Å². The molecule has 16 aromatic carbocycles. The first-order valence-electron chi connectivity index (χ1n) is 36.2. The quantitative estimate of drug-likeness (QED) is 0.162. The Morgan fingerprint density at radius 3 is 1.42 bits per heavy atom. The van der Waals surface area contributed by atoms with Crippen molar-refractivity contribution in [3.05, 3.63) is 391 Å². The highest BCUT2D eigenvalue weighted by molar-refractivity contribution is 7.25. The zero-order valence-corrected chi connectivity index (χ0v) is 61.4. The average molecular weight is 1390 g/mol. The molecule has 0 saturated heterocycles. The summed E-state index contributed by atoms with van der Waals surface area (Å²) >= 11 is 1.88. The van der Waals surface area contributed by atoms with E-state index in [1.807, 2.05) is 72.9 Å². The van der Waals surface area contributed by atoms with Crippen LogP contribution < -0.4 is 0 Å². The summed E-state index contributed by atoms with van der Waals surface area (Å²) in [6, 6.07) is 121. The van der Waals surface area contributed by atoms with Gasteiger partial charge >= 0.3 is 0 Å². The Kier molecular flexibility index (Phi) is 19.0. The minimum Gasteiger partial charge on any atom is -0.456 e. The van der Waals surface area contributed by atoms with E-state index < -0.39 is 0 Å². The summed E-state index contributed by atoms with van der Waals surface area (Å²) in [4.78, 5) is 3.98. The molecular formula is C100H79N3O2S. The molecule has 22 rings (SSSR count). The largest absolute Gasteiger partial charge is 0.456 e. The molecule has 6 heteroatoms. The van der Waals surface area contributed by atoms with Gasteiger partial charge < -0.3 is 18.0 Å². The first-order valence-corrected chi connectivity index (χ1v) is 37.0. The second kappa shape index (κ2) is 29.8. The second-order valence-electron chi connectivity index (χ2n) is 27.3. The van der Waals surface area contributed by atoms with Crippen molar-refractivity contribution < 1.29 is 8.83 Å². The lowest BCUT2D eigenvalue weighted by atomic mass is 9.92. The van der Waals surface area contributed by atoms with E-state index in [9.17, 15) is 0 Å². The van der Waals surface area contributed by atoms with Gasteiger partial charge in [-0.05, 0) is 206 Å². The molecule has 6 heterocycles. The summed E-state index contributed by atoms with van der Waals surface area (Å²) in [5.74, 6) is 0. The lowest BCUT2D eigenvalue weighted by molar-refractivity contribution is 0.666. The van der Waals surface area contributed by atoms with Crippen LogP contribution in [0, 0.1) is 48.5 Å². The van der Waals surface area contributed by atoms with Gasteiger partial charge in [0.2, 0.25) is 0 Å². The van der Waals surface area contributed by atoms with E-state index in [2.05, 4.69) is 347 Å². The second-order valence-corrected chi connectivity index (χ2v) is 28.4. The van der Waals surface area contributed by atoms with Crippen molar-refractivity contribution in [3.63, 3.8) is 0 Å². The molecule has 106 heavy (non-hydrogen) atoms. The van der Waals surface area contributed by atoms with Gasteiger partial charge in [-0.1, -0.05) is 254 Å². The molecule has 0 aliphatic carbocycles. The number of aromatic nitrogens is 3. The fourth-order valence-electron chi connectivity index (χ4n) is 14.9. The molecule has 0 amide bonds. The van der Waals surface area contributed by atoms with Gasteiger partial charge in [0.15, 0.2) is 0 Å². The number of nitrogens with zero attached hydrogens (tertiary/aromatic N) is 3. The van der Waals surface area contributed by atoms with Crippen molar-refractivity contribution >= 4 is 151 Å². The summed E-state index contributed by atoms with van der Waals surface area (Å²) in [6.45, 7) is 14.8. The van der Waals surface area contributed by atoms with Crippen molar-refractivity contribution in [3.8, 4) is 11.4 Å². The van der Waals surface area contributed by atoms with Crippen molar-refractivity contribution in [2.75, 3.05) is 0 Å². The molecule has 0 saturated carbocycles. The Morgan fingerprint density at radius 1 is 0.255 bits per heavy atom. The topological polar surface area (TPSA) is 49.0 Å². The van der Waals surface area contributed by atoms with Gasteiger partial charge in [0.05, 0.1) is 22.1 Å². The molecule has 0 aliphatic rings. The van der Waals surface area contributed by atoms with E-state index in [1.165, 1.54) is 162 Å². The average Bonchev–Trinajstić information content (AvgIpc) is 1.63. The van der Waals surface area contributed by atoms with Crippen LogP contribution in [0.5, 0.6) is 0 Å². The van der Waals surface area contributed by atoms with Gasteiger partial charge in [0.25, 0.3) is 0 Å². The highest BCUT2D eigenvalue weighted by Crippen LogP contribution is 2.39. The predicted molar refractivity (Wildman–Crippen MR) is 456 cm³/mol. The zero-order chi connectivity index (χ0) is 72.2. The minimum atomic E-state index is 0.966. The lowest BCUT2D eigenvalue weighted by Crippen LogP contribution is -1.92. The maximum Gasteiger partial charge on any atom is 0.138 e. The molecule has 22 aromatic rings. The van der Waals surface area contributed by atoms with Crippen LogP contribution in [0.4, 0.5) is 0 Å². The number of para-hydroxylation sites is 7. The van der Waals surface area contributed by atoms with E-state index >= 15 is 0 Å². The van der Waals surface area contributed by atoms with Crippen LogP contribution in [0.3, 0.4) is 0 Å². The fourth-order valence-corrected chi connectivity index (χ4v) is 16.1. The number of hydrogen-bond acceptors (Lipinski definition) is 4. The smallest absolute Gasteiger partial charge is 0.138 e. The monoisotopic (exact) mass is 1390 g/mol. The van der Waals surface area contributed by atoms with Crippen LogP contribution in [-0.4, -0.2) is 14.1 Å². The molecule has 0 spiro atoms. The highest BCUT2D eigenvalue weighted by Gasteiger charge is 2.16. The third kappa shape index (κ3) is 13.5. The number of aryl methyl sites for hydroxylation is 7. The molecule has 512 valence electrons. The van der Waals surface area contributed by atoms with Crippen LogP contribution in [0.15, 0.2) is 361 Å². The molecule has 0 radical (unpaired) electrons. The normalized spacial score (nSPS) is 11.2. The zero-order valence-electron chi connectivity index (χ0n) is 60.6. The maximum atomic E-state index is 5.78. The SMILES string of the molecule is Cc1ccc2c(c1)c1ccccc1n2-c1ccccc1.Cc1ccc2c(c1)oc1ccccc12.Cc1ccc2c(c1)sc1ccccc12.Cc1ccc2ccc3cccc4ccc1c2c34.Cc1cccc2c1c1ccccc1n2-c1ccccc1.Cc1cccc2c1oc1ccccc12.Cc1ccccn1. The first-order chi connectivity index (χ1) is 52.0. The van der Waals surface area contributed by atoms with Crippen molar-refractivity contribution in [1.29, 1.82) is 0 Å². The van der Waals surface area contributed by atoms with Crippen LogP contribution in [0.25, 0.3) is 151 Å². The summed E-state index contributed by atoms with van der Waals surface area (Å²) in [5.41, 5.74) is 20.2. The first kappa shape index (κ1) is 67.6. The fraction of sp³-hybridized carbons (Fsp3) is 0.0700. The number of rotatable bonds is 2. The number of furan rings is 2. The Morgan fingerprint density at radius 2 is 0.726 bits per heavy atom. The number of thiophene rings is 1. The van der Waals surface area contributed by atoms with Crippen LogP contribution >= 0.6 is 11.3 Å². The lowest BCUT2D eigenvalue weighted by Gasteiger charge is -2.11. The number of benzene rings is 16. The van der Waals surface area contributed by atoms with Gasteiger partial charge in [0, 0.05) is 86.5 Å². The van der Waals surface area contributed by atoms with Crippen molar-refractivity contribution in [2.24, 2.45) is 0 Å². The Labute approximate surface area is 621 Å². The summed E-state index contributed by atoms with van der Waals surface area (Å²) in [5, 5.41) is 21.1. The van der Waals surface area contributed by atoms with Crippen molar-refractivity contribution in [2.45, 2.75) is 48.5 Å². The molecule has 6 aromatic heterocycles. The van der Waals surface area contributed by atoms with E-state index in [1.54, 1.807) is 6.20 Å². The van der Waals surface area contributed by atoms with Gasteiger partial charge in [-0.3, -0.25) is 4.98 Å². The Bertz CT molecular complexity index is 6730. The maximum absolute atomic E-state index is 5.78. The molecule has 0 fully saturated rings. The van der Waals surface area contributed by atoms with E-state index in [-0.39, 0.29) is 0 Å². The number of pyridine rings is 1. The van der Waals surface area contributed by atoms with Crippen LogP contribution in [0.2, 0.25) is 0 Å². The molecule has 5 nitrogen and oxygen atoms in total.